The maximum atomic E-state index is 8.68. The molecule has 0 aliphatic heterocycles. The van der Waals surface area contributed by atoms with E-state index < -0.39 is 0 Å². The van der Waals surface area contributed by atoms with Crippen molar-refractivity contribution in [2.75, 3.05) is 0 Å². The molecule has 2 aliphatic rings. The van der Waals surface area contributed by atoms with Crippen LogP contribution in [0.3, 0.4) is 0 Å². The third kappa shape index (κ3) is 1.78. The topological polar surface area (TPSA) is 35.8 Å². The Kier molecular flexibility index (Phi) is 2.06. The SMILES string of the molecule is CC(C#N)NC(C1CC1)C1CC1. The Labute approximate surface area is 74.0 Å². The molecule has 2 heteroatoms. The van der Waals surface area contributed by atoms with E-state index >= 15 is 0 Å². The lowest BCUT2D eigenvalue weighted by molar-refractivity contribution is 0.402. The first kappa shape index (κ1) is 8.07. The largest absolute Gasteiger partial charge is 0.299 e. The average Bonchev–Trinajstić information content (AvgIpc) is 2.87. The second kappa shape index (κ2) is 3.06. The summed E-state index contributed by atoms with van der Waals surface area (Å²) in [6.07, 6.45) is 5.53. The van der Waals surface area contributed by atoms with Crippen molar-refractivity contribution >= 4 is 0 Å². The van der Waals surface area contributed by atoms with Gasteiger partial charge in [0.25, 0.3) is 0 Å². The number of nitriles is 1. The predicted octanol–water partition coefficient (Wildman–Crippen LogP) is 1.68. The molecule has 1 atom stereocenters. The normalized spacial score (nSPS) is 25.4. The minimum atomic E-state index is 0.0381. The maximum Gasteiger partial charge on any atom is 0.0926 e. The van der Waals surface area contributed by atoms with Crippen molar-refractivity contribution in [1.82, 2.24) is 5.32 Å². The molecule has 2 aliphatic carbocycles. The van der Waals surface area contributed by atoms with Gasteiger partial charge in [0.2, 0.25) is 0 Å². The van der Waals surface area contributed by atoms with Crippen LogP contribution in [0.4, 0.5) is 0 Å². The molecule has 0 heterocycles. The Morgan fingerprint density at radius 1 is 1.25 bits per heavy atom. The van der Waals surface area contributed by atoms with Crippen LogP contribution >= 0.6 is 0 Å². The smallest absolute Gasteiger partial charge is 0.0926 e. The summed E-state index contributed by atoms with van der Waals surface area (Å²) in [6, 6.07) is 2.95. The zero-order valence-corrected chi connectivity index (χ0v) is 7.59. The quantitative estimate of drug-likeness (QED) is 0.686. The molecule has 0 spiro atoms. The Morgan fingerprint density at radius 3 is 2.08 bits per heavy atom. The number of rotatable bonds is 4. The fourth-order valence-corrected chi connectivity index (χ4v) is 1.89. The van der Waals surface area contributed by atoms with Gasteiger partial charge in [0.1, 0.15) is 0 Å². The molecule has 1 N–H and O–H groups in total. The molecular weight excluding hydrogens is 148 g/mol. The molecule has 12 heavy (non-hydrogen) atoms. The zero-order valence-electron chi connectivity index (χ0n) is 7.59. The summed E-state index contributed by atoms with van der Waals surface area (Å²) in [5, 5.41) is 12.1. The summed E-state index contributed by atoms with van der Waals surface area (Å²) in [7, 11) is 0. The first-order valence-electron chi connectivity index (χ1n) is 4.97. The van der Waals surface area contributed by atoms with Gasteiger partial charge in [-0.25, -0.2) is 0 Å². The summed E-state index contributed by atoms with van der Waals surface area (Å²) in [4.78, 5) is 0. The molecule has 2 saturated carbocycles. The highest BCUT2D eigenvalue weighted by Crippen LogP contribution is 2.44. The Hall–Kier alpha value is -0.550. The average molecular weight is 164 g/mol. The van der Waals surface area contributed by atoms with Gasteiger partial charge in [0, 0.05) is 6.04 Å². The Bertz CT molecular complexity index is 186. The van der Waals surface area contributed by atoms with Crippen LogP contribution in [-0.4, -0.2) is 12.1 Å². The second-order valence-electron chi connectivity index (χ2n) is 4.22. The maximum absolute atomic E-state index is 8.68. The van der Waals surface area contributed by atoms with Gasteiger partial charge in [-0.2, -0.15) is 5.26 Å². The highest BCUT2D eigenvalue weighted by Gasteiger charge is 2.41. The van der Waals surface area contributed by atoms with E-state index in [-0.39, 0.29) is 6.04 Å². The molecule has 0 radical (unpaired) electrons. The van der Waals surface area contributed by atoms with Crippen LogP contribution < -0.4 is 5.32 Å². The third-order valence-electron chi connectivity index (χ3n) is 2.90. The summed E-state index contributed by atoms with van der Waals surface area (Å²) in [6.45, 7) is 1.96. The molecule has 0 aromatic heterocycles. The van der Waals surface area contributed by atoms with E-state index in [4.69, 9.17) is 5.26 Å². The van der Waals surface area contributed by atoms with E-state index in [1.165, 1.54) is 25.7 Å². The van der Waals surface area contributed by atoms with E-state index in [2.05, 4.69) is 11.4 Å². The number of hydrogen-bond donors (Lipinski definition) is 1. The minimum absolute atomic E-state index is 0.0381. The van der Waals surface area contributed by atoms with Crippen LogP contribution in [0.1, 0.15) is 32.6 Å². The van der Waals surface area contributed by atoms with Crippen molar-refractivity contribution in [3.63, 3.8) is 0 Å². The first-order valence-corrected chi connectivity index (χ1v) is 4.97. The van der Waals surface area contributed by atoms with Gasteiger partial charge in [0.05, 0.1) is 12.1 Å². The monoisotopic (exact) mass is 164 g/mol. The highest BCUT2D eigenvalue weighted by molar-refractivity contribution is 5.00. The van der Waals surface area contributed by atoms with Gasteiger partial charge in [-0.1, -0.05) is 0 Å². The van der Waals surface area contributed by atoms with Gasteiger partial charge in [-0.3, -0.25) is 5.32 Å². The van der Waals surface area contributed by atoms with E-state index in [1.54, 1.807) is 0 Å². The van der Waals surface area contributed by atoms with Gasteiger partial charge in [0.15, 0.2) is 0 Å². The molecule has 66 valence electrons. The summed E-state index contributed by atoms with van der Waals surface area (Å²) >= 11 is 0. The third-order valence-corrected chi connectivity index (χ3v) is 2.90. The van der Waals surface area contributed by atoms with Gasteiger partial charge in [-0.05, 0) is 44.4 Å². The number of nitrogens with zero attached hydrogens (tertiary/aromatic N) is 1. The first-order chi connectivity index (χ1) is 5.81. The summed E-state index contributed by atoms with van der Waals surface area (Å²) in [5.41, 5.74) is 0. The van der Waals surface area contributed by atoms with Gasteiger partial charge in [-0.15, -0.1) is 0 Å². The fraction of sp³-hybridized carbons (Fsp3) is 0.900. The predicted molar refractivity (Wildman–Crippen MR) is 47.4 cm³/mol. The van der Waals surface area contributed by atoms with Crippen LogP contribution in [0.25, 0.3) is 0 Å². The lowest BCUT2D eigenvalue weighted by atomic mass is 10.1. The van der Waals surface area contributed by atoms with Crippen LogP contribution in [0, 0.1) is 23.2 Å². The highest BCUT2D eigenvalue weighted by atomic mass is 15.0. The molecule has 0 aromatic carbocycles. The van der Waals surface area contributed by atoms with Crippen LogP contribution in [0.2, 0.25) is 0 Å². The second-order valence-corrected chi connectivity index (χ2v) is 4.22. The van der Waals surface area contributed by atoms with Crippen molar-refractivity contribution < 1.29 is 0 Å². The van der Waals surface area contributed by atoms with Crippen LogP contribution in [0.15, 0.2) is 0 Å². The van der Waals surface area contributed by atoms with Gasteiger partial charge < -0.3 is 0 Å². The Balaban J connectivity index is 1.84. The molecule has 0 saturated heterocycles. The molecule has 2 nitrogen and oxygen atoms in total. The van der Waals surface area contributed by atoms with Crippen molar-refractivity contribution in [2.24, 2.45) is 11.8 Å². The summed E-state index contributed by atoms with van der Waals surface area (Å²) < 4.78 is 0. The lowest BCUT2D eigenvalue weighted by Gasteiger charge is -2.18. The van der Waals surface area contributed by atoms with E-state index in [1.807, 2.05) is 6.92 Å². The Morgan fingerprint density at radius 2 is 1.75 bits per heavy atom. The van der Waals surface area contributed by atoms with Crippen LogP contribution in [-0.2, 0) is 0 Å². The van der Waals surface area contributed by atoms with E-state index in [0.717, 1.165) is 11.8 Å². The van der Waals surface area contributed by atoms with Crippen molar-refractivity contribution in [3.05, 3.63) is 0 Å². The molecule has 0 aromatic rings. The van der Waals surface area contributed by atoms with Crippen molar-refractivity contribution in [3.8, 4) is 6.07 Å². The van der Waals surface area contributed by atoms with E-state index in [9.17, 15) is 0 Å². The molecule has 1 unspecified atom stereocenters. The van der Waals surface area contributed by atoms with E-state index in [0.29, 0.717) is 6.04 Å². The van der Waals surface area contributed by atoms with Crippen LogP contribution in [0.5, 0.6) is 0 Å². The number of hydrogen-bond acceptors (Lipinski definition) is 2. The molecular formula is C10H16N2. The van der Waals surface area contributed by atoms with Crippen molar-refractivity contribution in [1.29, 1.82) is 5.26 Å². The standard InChI is InChI=1S/C10H16N2/c1-7(6-11)12-10(8-2-3-8)9-4-5-9/h7-10,12H,2-5H2,1H3. The molecule has 0 bridgehead atoms. The zero-order chi connectivity index (χ0) is 8.55. The molecule has 2 fully saturated rings. The minimum Gasteiger partial charge on any atom is -0.299 e. The number of nitrogens with one attached hydrogen (secondary N) is 1. The summed E-state index contributed by atoms with van der Waals surface area (Å²) in [5.74, 6) is 1.79. The van der Waals surface area contributed by atoms with Crippen molar-refractivity contribution in [2.45, 2.75) is 44.7 Å². The fourth-order valence-electron chi connectivity index (χ4n) is 1.89. The van der Waals surface area contributed by atoms with Gasteiger partial charge >= 0.3 is 0 Å². The molecule has 0 amide bonds. The lowest BCUT2D eigenvalue weighted by Crippen LogP contribution is -2.38. The molecule has 2 rings (SSSR count).